The average Bonchev–Trinajstić information content (AvgIpc) is 3.23. The molecular weight excluding hydrogens is 338 g/mol. The highest BCUT2D eigenvalue weighted by atomic mass is 32.2. The monoisotopic (exact) mass is 353 g/mol. The van der Waals surface area contributed by atoms with E-state index in [1.54, 1.807) is 20.8 Å². The molecule has 0 amide bonds. The van der Waals surface area contributed by atoms with Crippen molar-refractivity contribution in [2.45, 2.75) is 31.8 Å². The van der Waals surface area contributed by atoms with Gasteiger partial charge in [0.25, 0.3) is 0 Å². The number of aryl methyl sites for hydroxylation is 2. The molecule has 0 aliphatic rings. The number of aromatic nitrogens is 3. The van der Waals surface area contributed by atoms with Gasteiger partial charge in [0.15, 0.2) is 9.84 Å². The molecule has 0 radical (unpaired) electrons. The molecule has 0 spiro atoms. The molecule has 0 N–H and O–H groups in total. The predicted molar refractivity (Wildman–Crippen MR) is 84.6 cm³/mol. The Morgan fingerprint density at radius 3 is 2.65 bits per heavy atom. The first kappa shape index (κ1) is 15.9. The second kappa shape index (κ2) is 5.89. The molecule has 1 atom stereocenters. The van der Waals surface area contributed by atoms with Gasteiger partial charge in [-0.3, -0.25) is 0 Å². The van der Waals surface area contributed by atoms with Crippen molar-refractivity contribution >= 4 is 21.2 Å². The zero-order chi connectivity index (χ0) is 16.6. The van der Waals surface area contributed by atoms with Crippen molar-refractivity contribution in [2.75, 3.05) is 0 Å². The molecule has 0 aromatic carbocycles. The van der Waals surface area contributed by atoms with Crippen LogP contribution in [-0.2, 0) is 15.6 Å². The Balaban J connectivity index is 1.86. The lowest BCUT2D eigenvalue weighted by molar-refractivity contribution is 0.377. The fourth-order valence-electron chi connectivity index (χ4n) is 2.09. The summed E-state index contributed by atoms with van der Waals surface area (Å²) in [5, 5.41) is 8.62. The van der Waals surface area contributed by atoms with Gasteiger partial charge in [-0.15, -0.1) is 11.3 Å². The summed E-state index contributed by atoms with van der Waals surface area (Å²) in [5.74, 6) is 0.809. The average molecular weight is 353 g/mol. The fourth-order valence-corrected chi connectivity index (χ4v) is 4.21. The van der Waals surface area contributed by atoms with E-state index in [1.165, 1.54) is 11.3 Å². The summed E-state index contributed by atoms with van der Waals surface area (Å²) in [4.78, 5) is 5.04. The summed E-state index contributed by atoms with van der Waals surface area (Å²) >= 11 is 1.46. The van der Waals surface area contributed by atoms with Gasteiger partial charge in [0.05, 0.1) is 16.3 Å². The van der Waals surface area contributed by atoms with Gasteiger partial charge in [-0.05, 0) is 32.2 Å². The van der Waals surface area contributed by atoms with Gasteiger partial charge in [0.2, 0.25) is 11.7 Å². The van der Waals surface area contributed by atoms with Gasteiger partial charge in [-0.2, -0.15) is 4.98 Å². The number of hydrogen-bond acceptors (Lipinski definition) is 8. The van der Waals surface area contributed by atoms with E-state index >= 15 is 0 Å². The minimum Gasteiger partial charge on any atom is -0.361 e. The molecule has 122 valence electrons. The molecule has 3 rings (SSSR count). The van der Waals surface area contributed by atoms with E-state index in [1.807, 2.05) is 17.5 Å². The van der Waals surface area contributed by atoms with Crippen LogP contribution in [0.3, 0.4) is 0 Å². The van der Waals surface area contributed by atoms with Crippen LogP contribution < -0.4 is 0 Å². The lowest BCUT2D eigenvalue weighted by Gasteiger charge is -2.08. The Labute approximate surface area is 137 Å². The highest BCUT2D eigenvalue weighted by Crippen LogP contribution is 2.29. The van der Waals surface area contributed by atoms with Gasteiger partial charge in [-0.1, -0.05) is 16.4 Å². The minimum atomic E-state index is -3.53. The molecule has 3 aromatic rings. The number of rotatable bonds is 5. The molecule has 0 aliphatic heterocycles. The smallest absolute Gasteiger partial charge is 0.245 e. The van der Waals surface area contributed by atoms with Crippen molar-refractivity contribution in [3.05, 3.63) is 40.4 Å². The normalized spacial score (nSPS) is 13.3. The van der Waals surface area contributed by atoms with Crippen LogP contribution >= 0.6 is 11.3 Å². The van der Waals surface area contributed by atoms with E-state index in [4.69, 9.17) is 9.05 Å². The summed E-state index contributed by atoms with van der Waals surface area (Å²) in [6.07, 6.45) is 0. The Hall–Kier alpha value is -2.00. The third-order valence-electron chi connectivity index (χ3n) is 3.60. The van der Waals surface area contributed by atoms with Crippen LogP contribution in [0.2, 0.25) is 0 Å². The molecule has 0 saturated carbocycles. The van der Waals surface area contributed by atoms with Crippen LogP contribution in [0.5, 0.6) is 0 Å². The van der Waals surface area contributed by atoms with E-state index < -0.39 is 15.1 Å². The molecule has 0 bridgehead atoms. The first-order valence-electron chi connectivity index (χ1n) is 6.89. The van der Waals surface area contributed by atoms with E-state index in [2.05, 4.69) is 15.3 Å². The molecule has 3 aromatic heterocycles. The second-order valence-corrected chi connectivity index (χ2v) is 8.45. The first-order valence-corrected chi connectivity index (χ1v) is 9.49. The van der Waals surface area contributed by atoms with Crippen LogP contribution in [0.4, 0.5) is 0 Å². The standard InChI is InChI=1S/C14H15N3O4S2/c1-8-11(9(2)20-16-8)7-23(18,19)10(3)14-15-13(17-21-14)12-5-4-6-22-12/h4-6,10H,7H2,1-3H3. The molecule has 0 aliphatic carbocycles. The van der Waals surface area contributed by atoms with Crippen LogP contribution in [0, 0.1) is 13.8 Å². The fraction of sp³-hybridized carbons (Fsp3) is 0.357. The Morgan fingerprint density at radius 1 is 1.26 bits per heavy atom. The maximum absolute atomic E-state index is 12.6. The number of nitrogens with zero attached hydrogens (tertiary/aromatic N) is 3. The number of sulfone groups is 1. The number of hydrogen-bond donors (Lipinski definition) is 0. The van der Waals surface area contributed by atoms with Crippen LogP contribution in [0.25, 0.3) is 10.7 Å². The van der Waals surface area contributed by atoms with Crippen LogP contribution in [0.15, 0.2) is 26.6 Å². The van der Waals surface area contributed by atoms with Crippen molar-refractivity contribution in [3.63, 3.8) is 0 Å². The summed E-state index contributed by atoms with van der Waals surface area (Å²) < 4.78 is 35.4. The highest BCUT2D eigenvalue weighted by Gasteiger charge is 2.30. The van der Waals surface area contributed by atoms with Gasteiger partial charge in [-0.25, -0.2) is 8.42 Å². The Morgan fingerprint density at radius 2 is 2.04 bits per heavy atom. The summed E-state index contributed by atoms with van der Waals surface area (Å²) in [6.45, 7) is 4.95. The topological polar surface area (TPSA) is 99.1 Å². The largest absolute Gasteiger partial charge is 0.361 e. The highest BCUT2D eigenvalue weighted by molar-refractivity contribution is 7.90. The van der Waals surface area contributed by atoms with Gasteiger partial charge >= 0.3 is 0 Å². The van der Waals surface area contributed by atoms with E-state index in [0.29, 0.717) is 22.8 Å². The molecule has 0 fully saturated rings. The zero-order valence-electron chi connectivity index (χ0n) is 12.8. The third kappa shape index (κ3) is 3.06. The summed E-state index contributed by atoms with van der Waals surface area (Å²) in [7, 11) is -3.53. The molecule has 9 heteroatoms. The number of thiophene rings is 1. The Kier molecular flexibility index (Phi) is 4.07. The van der Waals surface area contributed by atoms with E-state index in [-0.39, 0.29) is 11.6 Å². The zero-order valence-corrected chi connectivity index (χ0v) is 14.4. The minimum absolute atomic E-state index is 0.0835. The van der Waals surface area contributed by atoms with E-state index in [9.17, 15) is 8.42 Å². The van der Waals surface area contributed by atoms with Crippen LogP contribution in [0.1, 0.15) is 35.1 Å². The van der Waals surface area contributed by atoms with Gasteiger partial charge in [0, 0.05) is 5.56 Å². The summed E-state index contributed by atoms with van der Waals surface area (Å²) in [6, 6.07) is 3.72. The molecule has 1 unspecified atom stereocenters. The lowest BCUT2D eigenvalue weighted by atomic mass is 10.2. The van der Waals surface area contributed by atoms with Gasteiger partial charge < -0.3 is 9.05 Å². The second-order valence-electron chi connectivity index (χ2n) is 5.19. The molecule has 23 heavy (non-hydrogen) atoms. The maximum Gasteiger partial charge on any atom is 0.245 e. The first-order chi connectivity index (χ1) is 10.9. The van der Waals surface area contributed by atoms with Crippen molar-refractivity contribution < 1.29 is 17.5 Å². The summed E-state index contributed by atoms with van der Waals surface area (Å²) in [5.41, 5.74) is 1.15. The van der Waals surface area contributed by atoms with E-state index in [0.717, 1.165) is 4.88 Å². The molecule has 7 nitrogen and oxygen atoms in total. The van der Waals surface area contributed by atoms with Gasteiger partial charge in [0.1, 0.15) is 11.0 Å². The quantitative estimate of drug-likeness (QED) is 0.695. The maximum atomic E-state index is 12.6. The third-order valence-corrected chi connectivity index (χ3v) is 6.43. The molecular formula is C14H15N3O4S2. The van der Waals surface area contributed by atoms with Crippen molar-refractivity contribution in [3.8, 4) is 10.7 Å². The lowest BCUT2D eigenvalue weighted by Crippen LogP contribution is -2.14. The van der Waals surface area contributed by atoms with Crippen LogP contribution in [-0.4, -0.2) is 23.7 Å². The SMILES string of the molecule is Cc1noc(C)c1CS(=O)(=O)C(C)c1nc(-c2cccs2)no1. The molecule has 0 saturated heterocycles. The predicted octanol–water partition coefficient (Wildman–Crippen LogP) is 3.08. The van der Waals surface area contributed by atoms with Crippen molar-refractivity contribution in [1.82, 2.24) is 15.3 Å². The Bertz CT molecular complexity index is 890. The van der Waals surface area contributed by atoms with Crippen molar-refractivity contribution in [2.24, 2.45) is 0 Å². The molecule has 3 heterocycles. The van der Waals surface area contributed by atoms with Crippen molar-refractivity contribution in [1.29, 1.82) is 0 Å².